The van der Waals surface area contributed by atoms with E-state index in [1.165, 1.54) is 7.11 Å². The molecule has 2 N–H and O–H groups in total. The standard InChI is InChI=1S/C19H13BrCl2N2O2S/c1-26-17-13(8-10-4-2-3-5-12(10)16(17)20)18(25)24-19(27)23-15-7-6-11(21)9-14(15)22/h2-9H,1H3,(H2,23,24,25,27). The minimum atomic E-state index is -0.402. The van der Waals surface area contributed by atoms with Crippen LogP contribution in [0.5, 0.6) is 5.75 Å². The number of carbonyl (C=O) groups is 1. The number of nitrogens with one attached hydrogen (secondary N) is 2. The molecular weight excluding hydrogens is 471 g/mol. The van der Waals surface area contributed by atoms with Crippen molar-refractivity contribution in [1.29, 1.82) is 0 Å². The maximum atomic E-state index is 12.8. The molecule has 0 bridgehead atoms. The minimum Gasteiger partial charge on any atom is -0.495 e. The first-order chi connectivity index (χ1) is 12.9. The van der Waals surface area contributed by atoms with Gasteiger partial charge in [-0.05, 0) is 63.2 Å². The van der Waals surface area contributed by atoms with Crippen molar-refractivity contribution in [2.24, 2.45) is 0 Å². The third-order valence-corrected chi connectivity index (χ3v) is 5.34. The molecule has 0 heterocycles. The quantitative estimate of drug-likeness (QED) is 0.445. The number of fused-ring (bicyclic) bond motifs is 1. The predicted octanol–water partition coefficient (Wildman–Crippen LogP) is 6.04. The highest BCUT2D eigenvalue weighted by Gasteiger charge is 2.19. The second-order valence-electron chi connectivity index (χ2n) is 5.52. The largest absolute Gasteiger partial charge is 0.495 e. The first-order valence-electron chi connectivity index (χ1n) is 7.73. The van der Waals surface area contributed by atoms with Gasteiger partial charge in [0.15, 0.2) is 5.11 Å². The van der Waals surface area contributed by atoms with E-state index in [-0.39, 0.29) is 5.11 Å². The van der Waals surface area contributed by atoms with Gasteiger partial charge in [-0.1, -0.05) is 47.5 Å². The average Bonchev–Trinajstić information content (AvgIpc) is 2.64. The molecule has 0 saturated heterocycles. The molecule has 8 heteroatoms. The molecule has 0 aliphatic rings. The second-order valence-corrected chi connectivity index (χ2v) is 7.57. The first-order valence-corrected chi connectivity index (χ1v) is 9.69. The van der Waals surface area contributed by atoms with Gasteiger partial charge < -0.3 is 10.1 Å². The van der Waals surface area contributed by atoms with E-state index >= 15 is 0 Å². The van der Waals surface area contributed by atoms with Gasteiger partial charge in [-0.15, -0.1) is 0 Å². The van der Waals surface area contributed by atoms with Crippen molar-refractivity contribution < 1.29 is 9.53 Å². The molecule has 0 aliphatic carbocycles. The zero-order valence-corrected chi connectivity index (χ0v) is 17.9. The van der Waals surface area contributed by atoms with Crippen LogP contribution in [0.15, 0.2) is 53.0 Å². The number of rotatable bonds is 3. The monoisotopic (exact) mass is 482 g/mol. The average molecular weight is 484 g/mol. The summed E-state index contributed by atoms with van der Waals surface area (Å²) in [7, 11) is 1.51. The number of methoxy groups -OCH3 is 1. The number of thiocarbonyl (C=S) groups is 1. The molecule has 27 heavy (non-hydrogen) atoms. The van der Waals surface area contributed by atoms with E-state index < -0.39 is 5.91 Å². The Hall–Kier alpha value is -1.86. The van der Waals surface area contributed by atoms with Crippen LogP contribution in [0.4, 0.5) is 5.69 Å². The fourth-order valence-corrected chi connectivity index (χ4v) is 3.96. The van der Waals surface area contributed by atoms with Crippen molar-refractivity contribution in [3.8, 4) is 5.75 Å². The van der Waals surface area contributed by atoms with Crippen molar-refractivity contribution in [1.82, 2.24) is 5.32 Å². The smallest absolute Gasteiger partial charge is 0.261 e. The summed E-state index contributed by atoms with van der Waals surface area (Å²) in [5.74, 6) is 0.0272. The first kappa shape index (κ1) is 19.9. The summed E-state index contributed by atoms with van der Waals surface area (Å²) in [6.07, 6.45) is 0. The highest BCUT2D eigenvalue weighted by atomic mass is 79.9. The van der Waals surface area contributed by atoms with Gasteiger partial charge in [-0.3, -0.25) is 10.1 Å². The normalized spacial score (nSPS) is 10.5. The van der Waals surface area contributed by atoms with Crippen molar-refractivity contribution in [3.05, 3.63) is 68.6 Å². The maximum Gasteiger partial charge on any atom is 0.261 e. The van der Waals surface area contributed by atoms with Gasteiger partial charge in [0.2, 0.25) is 0 Å². The van der Waals surface area contributed by atoms with Crippen LogP contribution in [-0.2, 0) is 0 Å². The van der Waals surface area contributed by atoms with Gasteiger partial charge in [0, 0.05) is 5.02 Å². The Morgan fingerprint density at radius 3 is 2.59 bits per heavy atom. The number of ether oxygens (including phenoxy) is 1. The lowest BCUT2D eigenvalue weighted by Crippen LogP contribution is -2.34. The lowest BCUT2D eigenvalue weighted by molar-refractivity contribution is 0.0975. The van der Waals surface area contributed by atoms with E-state index in [1.807, 2.05) is 24.3 Å². The van der Waals surface area contributed by atoms with E-state index in [0.29, 0.717) is 31.5 Å². The van der Waals surface area contributed by atoms with E-state index in [4.69, 9.17) is 40.2 Å². The van der Waals surface area contributed by atoms with Gasteiger partial charge in [0.05, 0.1) is 27.9 Å². The predicted molar refractivity (Wildman–Crippen MR) is 118 cm³/mol. The van der Waals surface area contributed by atoms with Crippen LogP contribution in [0.3, 0.4) is 0 Å². The van der Waals surface area contributed by atoms with Crippen LogP contribution in [0.2, 0.25) is 10.0 Å². The summed E-state index contributed by atoms with van der Waals surface area (Å²) in [6.45, 7) is 0. The van der Waals surface area contributed by atoms with Crippen LogP contribution >= 0.6 is 51.3 Å². The number of benzene rings is 3. The lowest BCUT2D eigenvalue weighted by Gasteiger charge is -2.15. The Bertz CT molecular complexity index is 1060. The fourth-order valence-electron chi connectivity index (χ4n) is 2.57. The van der Waals surface area contributed by atoms with E-state index in [2.05, 4.69) is 26.6 Å². The number of hydrogen-bond donors (Lipinski definition) is 2. The van der Waals surface area contributed by atoms with Gasteiger partial charge in [-0.25, -0.2) is 0 Å². The van der Waals surface area contributed by atoms with Crippen molar-refractivity contribution in [3.63, 3.8) is 0 Å². The Kier molecular flexibility index (Phi) is 6.22. The van der Waals surface area contributed by atoms with E-state index in [9.17, 15) is 4.79 Å². The van der Waals surface area contributed by atoms with Gasteiger partial charge in [0.1, 0.15) is 5.75 Å². The zero-order chi connectivity index (χ0) is 19.6. The summed E-state index contributed by atoms with van der Waals surface area (Å²) in [5, 5.41) is 8.37. The van der Waals surface area contributed by atoms with Gasteiger partial charge in [0.25, 0.3) is 5.91 Å². The number of anilines is 1. The summed E-state index contributed by atoms with van der Waals surface area (Å²) < 4.78 is 6.13. The Labute approximate surface area is 179 Å². The zero-order valence-electron chi connectivity index (χ0n) is 14.0. The molecular formula is C19H13BrCl2N2O2S. The number of hydrogen-bond acceptors (Lipinski definition) is 3. The number of halogens is 3. The summed E-state index contributed by atoms with van der Waals surface area (Å²) >= 11 is 20.7. The highest BCUT2D eigenvalue weighted by molar-refractivity contribution is 9.10. The van der Waals surface area contributed by atoms with Crippen LogP contribution in [-0.4, -0.2) is 18.1 Å². The van der Waals surface area contributed by atoms with Crippen LogP contribution in [0, 0.1) is 0 Å². The Morgan fingerprint density at radius 1 is 1.15 bits per heavy atom. The molecule has 0 fully saturated rings. The summed E-state index contributed by atoms with van der Waals surface area (Å²) in [6, 6.07) is 14.4. The van der Waals surface area contributed by atoms with Gasteiger partial charge >= 0.3 is 0 Å². The molecule has 0 radical (unpaired) electrons. The highest BCUT2D eigenvalue weighted by Crippen LogP contribution is 2.36. The molecule has 1 amide bonds. The number of carbonyl (C=O) groups excluding carboxylic acids is 1. The molecule has 138 valence electrons. The van der Waals surface area contributed by atoms with Crippen LogP contribution in [0.25, 0.3) is 10.8 Å². The van der Waals surface area contributed by atoms with E-state index in [0.717, 1.165) is 10.8 Å². The van der Waals surface area contributed by atoms with Crippen LogP contribution < -0.4 is 15.4 Å². The minimum absolute atomic E-state index is 0.107. The third kappa shape index (κ3) is 4.35. The van der Waals surface area contributed by atoms with E-state index in [1.54, 1.807) is 24.3 Å². The molecule has 0 saturated carbocycles. The molecule has 0 spiro atoms. The topological polar surface area (TPSA) is 50.4 Å². The number of amides is 1. The molecule has 0 aromatic heterocycles. The molecule has 0 aliphatic heterocycles. The maximum absolute atomic E-state index is 12.8. The second kappa shape index (κ2) is 8.44. The lowest BCUT2D eigenvalue weighted by atomic mass is 10.1. The van der Waals surface area contributed by atoms with Crippen molar-refractivity contribution in [2.45, 2.75) is 0 Å². The van der Waals surface area contributed by atoms with Crippen molar-refractivity contribution in [2.75, 3.05) is 12.4 Å². The summed E-state index contributed by atoms with van der Waals surface area (Å²) in [4.78, 5) is 12.8. The fraction of sp³-hybridized carbons (Fsp3) is 0.0526. The van der Waals surface area contributed by atoms with Gasteiger partial charge in [-0.2, -0.15) is 0 Å². The third-order valence-electron chi connectivity index (χ3n) is 3.80. The van der Waals surface area contributed by atoms with Crippen LogP contribution in [0.1, 0.15) is 10.4 Å². The summed E-state index contributed by atoms with van der Waals surface area (Å²) in [5.41, 5.74) is 0.896. The van der Waals surface area contributed by atoms with Crippen molar-refractivity contribution >= 4 is 78.8 Å². The Balaban J connectivity index is 1.86. The molecule has 4 nitrogen and oxygen atoms in total. The molecule has 0 atom stereocenters. The molecule has 0 unspecified atom stereocenters. The Morgan fingerprint density at radius 2 is 1.89 bits per heavy atom. The molecule has 3 aromatic rings. The molecule has 3 rings (SSSR count). The molecule has 3 aromatic carbocycles. The SMILES string of the molecule is COc1c(C(=O)NC(=S)Nc2ccc(Cl)cc2Cl)cc2ccccc2c1Br.